The van der Waals surface area contributed by atoms with Gasteiger partial charge in [-0.1, -0.05) is 67.6 Å². The summed E-state index contributed by atoms with van der Waals surface area (Å²) >= 11 is 0. The van der Waals surface area contributed by atoms with Crippen LogP contribution < -0.4 is 4.90 Å². The monoisotopic (exact) mass is 502 g/mol. The molecule has 188 valence electrons. The van der Waals surface area contributed by atoms with Gasteiger partial charge in [0.05, 0.1) is 34.9 Å². The molecule has 0 aliphatic carbocycles. The van der Waals surface area contributed by atoms with E-state index in [1.165, 1.54) is 6.07 Å². The highest BCUT2D eigenvalue weighted by Crippen LogP contribution is 2.35. The van der Waals surface area contributed by atoms with Crippen molar-refractivity contribution in [3.8, 4) is 6.07 Å². The molecule has 0 spiro atoms. The van der Waals surface area contributed by atoms with Crippen molar-refractivity contribution in [3.63, 3.8) is 0 Å². The second-order valence-electron chi connectivity index (χ2n) is 8.90. The van der Waals surface area contributed by atoms with E-state index in [0.717, 1.165) is 27.9 Å². The Labute approximate surface area is 221 Å². The molecule has 0 aliphatic heterocycles. The van der Waals surface area contributed by atoms with Crippen molar-refractivity contribution in [2.75, 3.05) is 11.4 Å². The molecular weight excluding hydrogens is 475 g/mol. The van der Waals surface area contributed by atoms with Crippen LogP contribution in [-0.2, 0) is 13.5 Å². The van der Waals surface area contributed by atoms with E-state index >= 15 is 4.39 Å². The molecule has 7 heteroatoms. The number of imidazole rings is 1. The third-order valence-corrected chi connectivity index (χ3v) is 6.51. The van der Waals surface area contributed by atoms with Crippen LogP contribution in [0.1, 0.15) is 36.1 Å². The number of aromatic nitrogens is 3. The van der Waals surface area contributed by atoms with Gasteiger partial charge in [0.1, 0.15) is 17.2 Å². The molecule has 0 N–H and O–H groups in total. The van der Waals surface area contributed by atoms with E-state index in [1.807, 2.05) is 97.1 Å². The number of pyridine rings is 1. The number of hydrogen-bond donors (Lipinski definition) is 0. The molecule has 0 radical (unpaired) electrons. The number of nitrogens with zero attached hydrogens (tertiary/aromatic N) is 6. The van der Waals surface area contributed by atoms with Crippen molar-refractivity contribution in [2.45, 2.75) is 20.3 Å². The van der Waals surface area contributed by atoms with Crippen LogP contribution in [0.25, 0.3) is 11.0 Å². The molecule has 0 saturated heterocycles. The van der Waals surface area contributed by atoms with Gasteiger partial charge in [0.25, 0.3) is 0 Å². The minimum atomic E-state index is -0.450. The first-order chi connectivity index (χ1) is 18.5. The van der Waals surface area contributed by atoms with E-state index in [1.54, 1.807) is 12.4 Å². The molecule has 0 bridgehead atoms. The Morgan fingerprint density at radius 2 is 1.66 bits per heavy atom. The van der Waals surface area contributed by atoms with Gasteiger partial charge in [-0.2, -0.15) is 5.26 Å². The molecule has 3 aromatic carbocycles. The van der Waals surface area contributed by atoms with E-state index in [4.69, 9.17) is 9.98 Å². The van der Waals surface area contributed by atoms with Crippen molar-refractivity contribution < 1.29 is 4.39 Å². The van der Waals surface area contributed by atoms with Crippen molar-refractivity contribution in [3.05, 3.63) is 113 Å². The van der Waals surface area contributed by atoms with Crippen LogP contribution in [0.3, 0.4) is 0 Å². The fourth-order valence-corrected chi connectivity index (χ4v) is 4.64. The highest BCUT2D eigenvalue weighted by molar-refractivity contribution is 6.14. The molecule has 5 aromatic rings. The van der Waals surface area contributed by atoms with Gasteiger partial charge in [-0.25, -0.2) is 19.4 Å². The van der Waals surface area contributed by atoms with Crippen LogP contribution in [0.15, 0.2) is 90.2 Å². The fraction of sp³-hybridized carbons (Fsp3) is 0.161. The number of benzene rings is 3. The molecule has 5 rings (SSSR count). The summed E-state index contributed by atoms with van der Waals surface area (Å²) in [5, 5.41) is 9.35. The number of fused-ring (bicyclic) bond motifs is 1. The zero-order chi connectivity index (χ0) is 26.6. The molecule has 0 unspecified atom stereocenters. The first-order valence-corrected chi connectivity index (χ1v) is 12.6. The van der Waals surface area contributed by atoms with Crippen molar-refractivity contribution >= 4 is 34.1 Å². The number of halogens is 1. The quantitative estimate of drug-likeness (QED) is 0.228. The van der Waals surface area contributed by atoms with Gasteiger partial charge in [0.15, 0.2) is 5.82 Å². The van der Waals surface area contributed by atoms with Crippen LogP contribution in [0.5, 0.6) is 0 Å². The Balaban J connectivity index is 1.75. The number of rotatable bonds is 7. The Morgan fingerprint density at radius 1 is 1.00 bits per heavy atom. The lowest BCUT2D eigenvalue weighted by Gasteiger charge is -2.26. The second-order valence-corrected chi connectivity index (χ2v) is 8.90. The molecule has 0 saturated carbocycles. The minimum absolute atomic E-state index is 0.301. The third-order valence-electron chi connectivity index (χ3n) is 6.51. The summed E-state index contributed by atoms with van der Waals surface area (Å²) in [5.41, 5.74) is 5.63. The van der Waals surface area contributed by atoms with E-state index in [0.29, 0.717) is 41.4 Å². The number of aryl methyl sites for hydroxylation is 2. The van der Waals surface area contributed by atoms with Gasteiger partial charge in [0, 0.05) is 30.8 Å². The third kappa shape index (κ3) is 4.64. The van der Waals surface area contributed by atoms with E-state index < -0.39 is 5.82 Å². The smallest absolute Gasteiger partial charge is 0.183 e. The summed E-state index contributed by atoms with van der Waals surface area (Å²) in [4.78, 5) is 16.4. The van der Waals surface area contributed by atoms with Gasteiger partial charge >= 0.3 is 0 Å². The summed E-state index contributed by atoms with van der Waals surface area (Å²) in [6.07, 6.45) is 2.30. The lowest BCUT2D eigenvalue weighted by Crippen LogP contribution is -2.21. The molecule has 0 amide bonds. The molecule has 2 heterocycles. The predicted octanol–water partition coefficient (Wildman–Crippen LogP) is 6.87. The SMILES string of the molecule is CCc1cc(C#N)cc(F)c1N(CC)c1cc2c(ncn2C)c(N=C(c2ccccc2)c2ccccc2)n1. The Hall–Kier alpha value is -4.83. The average Bonchev–Trinajstić information content (AvgIpc) is 3.34. The number of aliphatic imine (C=N–C) groups is 1. The molecule has 0 aliphatic rings. The molecule has 0 fully saturated rings. The Bertz CT molecular complexity index is 1620. The Morgan fingerprint density at radius 3 is 2.24 bits per heavy atom. The van der Waals surface area contributed by atoms with Crippen molar-refractivity contribution in [1.82, 2.24) is 14.5 Å². The topological polar surface area (TPSA) is 70.1 Å². The molecular formula is C31H27FN6. The fourth-order valence-electron chi connectivity index (χ4n) is 4.64. The highest BCUT2D eigenvalue weighted by Gasteiger charge is 2.21. The van der Waals surface area contributed by atoms with Crippen LogP contribution in [0.4, 0.5) is 21.7 Å². The van der Waals surface area contributed by atoms with E-state index in [2.05, 4.69) is 11.1 Å². The molecule has 0 atom stereocenters. The van der Waals surface area contributed by atoms with E-state index in [9.17, 15) is 5.26 Å². The Kier molecular flexibility index (Phi) is 6.96. The zero-order valence-electron chi connectivity index (χ0n) is 21.6. The average molecular weight is 503 g/mol. The lowest BCUT2D eigenvalue weighted by molar-refractivity contribution is 0.622. The molecule has 38 heavy (non-hydrogen) atoms. The maximum absolute atomic E-state index is 15.4. The summed E-state index contributed by atoms with van der Waals surface area (Å²) in [6.45, 7) is 4.38. The first-order valence-electron chi connectivity index (χ1n) is 12.6. The normalized spacial score (nSPS) is 10.8. The van der Waals surface area contributed by atoms with Gasteiger partial charge in [0.2, 0.25) is 0 Å². The molecule has 2 aromatic heterocycles. The largest absolute Gasteiger partial charge is 0.334 e. The summed E-state index contributed by atoms with van der Waals surface area (Å²) in [7, 11) is 1.91. The number of nitriles is 1. The van der Waals surface area contributed by atoms with Crippen molar-refractivity contribution in [2.24, 2.45) is 12.0 Å². The predicted molar refractivity (Wildman–Crippen MR) is 150 cm³/mol. The lowest BCUT2D eigenvalue weighted by atomic mass is 10.0. The van der Waals surface area contributed by atoms with Gasteiger partial charge in [-0.05, 0) is 31.0 Å². The minimum Gasteiger partial charge on any atom is -0.334 e. The van der Waals surface area contributed by atoms with Crippen molar-refractivity contribution in [1.29, 1.82) is 5.26 Å². The summed E-state index contributed by atoms with van der Waals surface area (Å²) in [5.74, 6) is 0.557. The molecule has 6 nitrogen and oxygen atoms in total. The highest BCUT2D eigenvalue weighted by atomic mass is 19.1. The summed E-state index contributed by atoms with van der Waals surface area (Å²) < 4.78 is 17.3. The number of anilines is 2. The summed E-state index contributed by atoms with van der Waals surface area (Å²) in [6, 6.07) is 26.9. The van der Waals surface area contributed by atoms with Gasteiger partial charge in [-0.3, -0.25) is 0 Å². The zero-order valence-corrected chi connectivity index (χ0v) is 21.6. The maximum atomic E-state index is 15.4. The standard InChI is InChI=1S/C31H27FN6/c1-4-22-16-21(19-33)17-25(32)30(22)38(5-2)27-18-26-29(34-20-37(26)3)31(35-27)36-28(23-12-8-6-9-13-23)24-14-10-7-11-15-24/h6-18,20H,4-5H2,1-3H3. The second kappa shape index (κ2) is 10.7. The van der Waals surface area contributed by atoms with Crippen LogP contribution in [-0.4, -0.2) is 26.8 Å². The first kappa shape index (κ1) is 24.8. The van der Waals surface area contributed by atoms with Gasteiger partial charge in [-0.15, -0.1) is 0 Å². The van der Waals surface area contributed by atoms with Crippen LogP contribution in [0, 0.1) is 17.1 Å². The van der Waals surface area contributed by atoms with E-state index in [-0.39, 0.29) is 0 Å². The number of hydrogen-bond acceptors (Lipinski definition) is 5. The van der Waals surface area contributed by atoms with Crippen LogP contribution >= 0.6 is 0 Å². The van der Waals surface area contributed by atoms with Gasteiger partial charge < -0.3 is 9.47 Å². The van der Waals surface area contributed by atoms with Crippen LogP contribution in [0.2, 0.25) is 0 Å². The maximum Gasteiger partial charge on any atom is 0.183 e.